The number of carbonyl (C=O) groups excluding carboxylic acids is 1. The number of aldehydes is 1. The number of aliphatic hydroxyl groups excluding tert-OH is 1. The molecule has 0 aliphatic carbocycles. The Balaban J connectivity index is 2.78. The van der Waals surface area contributed by atoms with E-state index in [1.807, 2.05) is 6.07 Å². The van der Waals surface area contributed by atoms with Crippen molar-refractivity contribution in [3.8, 4) is 0 Å². The van der Waals surface area contributed by atoms with Crippen molar-refractivity contribution in [1.29, 1.82) is 0 Å². The maximum atomic E-state index is 10.6. The van der Waals surface area contributed by atoms with Crippen molar-refractivity contribution >= 4 is 32.7 Å². The van der Waals surface area contributed by atoms with E-state index in [0.717, 1.165) is 21.9 Å². The van der Waals surface area contributed by atoms with Crippen LogP contribution in [0.25, 0.3) is 10.1 Å². The number of hydrogen-bond acceptors (Lipinski definition) is 4. The highest BCUT2D eigenvalue weighted by molar-refractivity contribution is 7.22. The normalized spacial score (nSPS) is 10.6. The lowest BCUT2D eigenvalue weighted by molar-refractivity contribution is 0.112. The molecule has 72 valence electrons. The summed E-state index contributed by atoms with van der Waals surface area (Å²) in [6.07, 6.45) is 0.770. The predicted octanol–water partition coefficient (Wildman–Crippen LogP) is 1.79. The zero-order valence-corrected chi connectivity index (χ0v) is 8.17. The number of aliphatic hydroxyl groups is 1. The molecule has 2 aromatic rings. The van der Waals surface area contributed by atoms with E-state index < -0.39 is 0 Å². The van der Waals surface area contributed by atoms with Gasteiger partial charge in [-0.1, -0.05) is 0 Å². The summed E-state index contributed by atoms with van der Waals surface area (Å²) in [6.45, 7) is -0.0713. The van der Waals surface area contributed by atoms with Crippen LogP contribution in [0.5, 0.6) is 0 Å². The summed E-state index contributed by atoms with van der Waals surface area (Å²) in [4.78, 5) is 10.6. The van der Waals surface area contributed by atoms with E-state index in [4.69, 9.17) is 10.8 Å². The third-order valence-corrected chi connectivity index (χ3v) is 3.10. The maximum absolute atomic E-state index is 10.6. The summed E-state index contributed by atoms with van der Waals surface area (Å²) < 4.78 is 0.954. The van der Waals surface area contributed by atoms with Gasteiger partial charge in [-0.25, -0.2) is 0 Å². The molecule has 1 heterocycles. The van der Waals surface area contributed by atoms with E-state index in [0.29, 0.717) is 10.6 Å². The Kier molecular flexibility index (Phi) is 2.23. The number of benzene rings is 1. The Morgan fingerprint density at radius 1 is 1.43 bits per heavy atom. The fraction of sp³-hybridized carbons (Fsp3) is 0.100. The highest BCUT2D eigenvalue weighted by Crippen LogP contribution is 2.31. The van der Waals surface area contributed by atoms with Crippen LogP contribution in [0.1, 0.15) is 15.9 Å². The largest absolute Gasteiger partial charge is 0.392 e. The Morgan fingerprint density at radius 2 is 2.21 bits per heavy atom. The summed E-state index contributed by atoms with van der Waals surface area (Å²) in [5.41, 5.74) is 6.98. The first kappa shape index (κ1) is 9.18. The first-order valence-electron chi connectivity index (χ1n) is 4.12. The lowest BCUT2D eigenvalue weighted by Gasteiger charge is -1.99. The SMILES string of the molecule is Nc1cc2cc(C=O)cc(CO)c2s1. The van der Waals surface area contributed by atoms with Gasteiger partial charge in [0.15, 0.2) is 0 Å². The van der Waals surface area contributed by atoms with E-state index in [-0.39, 0.29) is 6.61 Å². The van der Waals surface area contributed by atoms with Gasteiger partial charge < -0.3 is 10.8 Å². The lowest BCUT2D eigenvalue weighted by Crippen LogP contribution is -1.87. The monoisotopic (exact) mass is 207 g/mol. The van der Waals surface area contributed by atoms with Crippen LogP contribution in [0.15, 0.2) is 18.2 Å². The van der Waals surface area contributed by atoms with Crippen LogP contribution in [0.4, 0.5) is 5.00 Å². The molecule has 3 nitrogen and oxygen atoms in total. The number of anilines is 1. The van der Waals surface area contributed by atoms with Crippen LogP contribution in [-0.2, 0) is 6.61 Å². The van der Waals surface area contributed by atoms with E-state index >= 15 is 0 Å². The maximum Gasteiger partial charge on any atom is 0.150 e. The second-order valence-electron chi connectivity index (χ2n) is 3.02. The molecule has 0 atom stereocenters. The Morgan fingerprint density at radius 3 is 2.86 bits per heavy atom. The van der Waals surface area contributed by atoms with Crippen molar-refractivity contribution in [1.82, 2.24) is 0 Å². The molecular weight excluding hydrogens is 198 g/mol. The topological polar surface area (TPSA) is 63.3 Å². The molecule has 0 bridgehead atoms. The van der Waals surface area contributed by atoms with Crippen molar-refractivity contribution in [3.05, 3.63) is 29.3 Å². The number of carbonyl (C=O) groups is 1. The second-order valence-corrected chi connectivity index (χ2v) is 4.11. The minimum Gasteiger partial charge on any atom is -0.392 e. The van der Waals surface area contributed by atoms with Crippen molar-refractivity contribution in [2.75, 3.05) is 5.73 Å². The van der Waals surface area contributed by atoms with Gasteiger partial charge in [0.2, 0.25) is 0 Å². The number of nitrogen functional groups attached to an aromatic ring is 1. The van der Waals surface area contributed by atoms with Gasteiger partial charge in [0, 0.05) is 10.3 Å². The van der Waals surface area contributed by atoms with Crippen molar-refractivity contribution in [3.63, 3.8) is 0 Å². The van der Waals surface area contributed by atoms with Crippen LogP contribution in [0, 0.1) is 0 Å². The van der Waals surface area contributed by atoms with Gasteiger partial charge in [0.1, 0.15) is 6.29 Å². The molecule has 0 saturated heterocycles. The molecular formula is C10H9NO2S. The summed E-state index contributed by atoms with van der Waals surface area (Å²) in [7, 11) is 0. The summed E-state index contributed by atoms with van der Waals surface area (Å²) >= 11 is 1.42. The van der Waals surface area contributed by atoms with Gasteiger partial charge in [-0.05, 0) is 29.1 Å². The van der Waals surface area contributed by atoms with Gasteiger partial charge in [0.05, 0.1) is 11.6 Å². The van der Waals surface area contributed by atoms with Gasteiger partial charge in [-0.15, -0.1) is 11.3 Å². The molecule has 2 rings (SSSR count). The van der Waals surface area contributed by atoms with Gasteiger partial charge in [-0.2, -0.15) is 0 Å². The minimum atomic E-state index is -0.0713. The van der Waals surface area contributed by atoms with Crippen LogP contribution in [0.2, 0.25) is 0 Å². The summed E-state index contributed by atoms with van der Waals surface area (Å²) in [5.74, 6) is 0. The molecule has 0 aliphatic rings. The van der Waals surface area contributed by atoms with Crippen molar-refractivity contribution in [2.45, 2.75) is 6.61 Å². The molecule has 14 heavy (non-hydrogen) atoms. The standard InChI is InChI=1S/C10H9NO2S/c11-9-3-7-1-6(4-12)2-8(5-13)10(7)14-9/h1-4,13H,5,11H2. The molecule has 0 amide bonds. The van der Waals surface area contributed by atoms with Crippen molar-refractivity contribution in [2.24, 2.45) is 0 Å². The summed E-state index contributed by atoms with van der Waals surface area (Å²) in [5, 5.41) is 10.7. The third-order valence-electron chi connectivity index (χ3n) is 2.04. The molecule has 1 aromatic carbocycles. The molecule has 0 saturated carbocycles. The smallest absolute Gasteiger partial charge is 0.150 e. The molecule has 0 fully saturated rings. The number of hydrogen-bond donors (Lipinski definition) is 2. The number of thiophene rings is 1. The number of rotatable bonds is 2. The summed E-state index contributed by atoms with van der Waals surface area (Å²) in [6, 6.07) is 5.27. The van der Waals surface area contributed by atoms with Gasteiger partial charge >= 0.3 is 0 Å². The number of fused-ring (bicyclic) bond motifs is 1. The molecule has 0 unspecified atom stereocenters. The second kappa shape index (κ2) is 3.40. The average molecular weight is 207 g/mol. The molecule has 1 aromatic heterocycles. The van der Waals surface area contributed by atoms with Gasteiger partial charge in [-0.3, -0.25) is 4.79 Å². The zero-order valence-electron chi connectivity index (χ0n) is 7.36. The van der Waals surface area contributed by atoms with Crippen LogP contribution >= 0.6 is 11.3 Å². The molecule has 3 N–H and O–H groups in total. The highest BCUT2D eigenvalue weighted by atomic mass is 32.1. The Labute approximate surface area is 84.8 Å². The Bertz CT molecular complexity index is 490. The quantitative estimate of drug-likeness (QED) is 0.738. The first-order chi connectivity index (χ1) is 6.74. The van der Waals surface area contributed by atoms with Crippen LogP contribution < -0.4 is 5.73 Å². The third kappa shape index (κ3) is 1.38. The Hall–Kier alpha value is -1.39. The van der Waals surface area contributed by atoms with Crippen LogP contribution in [-0.4, -0.2) is 11.4 Å². The highest BCUT2D eigenvalue weighted by Gasteiger charge is 2.06. The fourth-order valence-corrected chi connectivity index (χ4v) is 2.37. The van der Waals surface area contributed by atoms with E-state index in [9.17, 15) is 4.79 Å². The first-order valence-corrected chi connectivity index (χ1v) is 4.94. The molecule has 0 radical (unpaired) electrons. The van der Waals surface area contributed by atoms with Crippen LogP contribution in [0.3, 0.4) is 0 Å². The predicted molar refractivity (Wildman–Crippen MR) is 57.5 cm³/mol. The molecule has 0 aliphatic heterocycles. The average Bonchev–Trinajstić information content (AvgIpc) is 2.56. The lowest BCUT2D eigenvalue weighted by atomic mass is 10.1. The minimum absolute atomic E-state index is 0.0713. The zero-order chi connectivity index (χ0) is 10.1. The van der Waals surface area contributed by atoms with Gasteiger partial charge in [0.25, 0.3) is 0 Å². The molecule has 4 heteroatoms. The molecule has 0 spiro atoms. The number of nitrogens with two attached hydrogens (primary N) is 1. The van der Waals surface area contributed by atoms with Crippen molar-refractivity contribution < 1.29 is 9.90 Å². The van der Waals surface area contributed by atoms with E-state index in [1.54, 1.807) is 12.1 Å². The fourth-order valence-electron chi connectivity index (χ4n) is 1.46. The van der Waals surface area contributed by atoms with E-state index in [1.165, 1.54) is 11.3 Å². The van der Waals surface area contributed by atoms with E-state index in [2.05, 4.69) is 0 Å².